The minimum absolute atomic E-state index is 0.0528. The second-order valence-corrected chi connectivity index (χ2v) is 7.29. The predicted molar refractivity (Wildman–Crippen MR) is 128 cm³/mol. The number of hydrogen-bond acceptors (Lipinski definition) is 7. The Morgan fingerprint density at radius 3 is 1.78 bits per heavy atom. The minimum Gasteiger partial charge on any atom is -0.494 e. The van der Waals surface area contributed by atoms with Crippen molar-refractivity contribution in [1.82, 2.24) is 0 Å². The van der Waals surface area contributed by atoms with Crippen LogP contribution in [0.25, 0.3) is 0 Å². The molecule has 0 aliphatic rings. The monoisotopic (exact) mass is 434 g/mol. The van der Waals surface area contributed by atoms with Crippen LogP contribution < -0.4 is 25.7 Å². The van der Waals surface area contributed by atoms with Gasteiger partial charge in [0, 0.05) is 6.07 Å². The molecule has 7 heteroatoms. The summed E-state index contributed by atoms with van der Waals surface area (Å²) < 4.78 is 16.9. The first-order valence-electron chi connectivity index (χ1n) is 10.8. The third-order valence-corrected chi connectivity index (χ3v) is 4.73. The molecular weight excluding hydrogens is 404 g/mol. The highest BCUT2D eigenvalue weighted by Gasteiger charge is 2.00. The lowest BCUT2D eigenvalue weighted by atomic mass is 10.2. The van der Waals surface area contributed by atoms with Crippen LogP contribution in [0.5, 0.6) is 17.2 Å². The van der Waals surface area contributed by atoms with Gasteiger partial charge in [0.1, 0.15) is 17.2 Å². The molecule has 3 aromatic carbocycles. The van der Waals surface area contributed by atoms with Gasteiger partial charge in [0.15, 0.2) is 0 Å². The lowest BCUT2D eigenvalue weighted by molar-refractivity contribution is 0.120. The van der Waals surface area contributed by atoms with Gasteiger partial charge in [-0.2, -0.15) is 10.2 Å². The third kappa shape index (κ3) is 7.50. The van der Waals surface area contributed by atoms with Gasteiger partial charge in [-0.15, -0.1) is 0 Å². The summed E-state index contributed by atoms with van der Waals surface area (Å²) in [6.45, 7) is 3.00. The number of nitrogen functional groups attached to an aromatic ring is 2. The summed E-state index contributed by atoms with van der Waals surface area (Å²) in [5.74, 6) is 2.11. The van der Waals surface area contributed by atoms with Gasteiger partial charge in [-0.3, -0.25) is 0 Å². The summed E-state index contributed by atoms with van der Waals surface area (Å²) in [4.78, 5) is 0. The largest absolute Gasteiger partial charge is 0.494 e. The van der Waals surface area contributed by atoms with E-state index in [1.54, 1.807) is 18.2 Å². The van der Waals surface area contributed by atoms with Crippen molar-refractivity contribution in [3.8, 4) is 17.2 Å². The summed E-state index contributed by atoms with van der Waals surface area (Å²) in [5.41, 5.74) is 13.9. The van der Waals surface area contributed by atoms with Crippen LogP contribution in [0.4, 0.5) is 22.7 Å². The molecule has 0 radical (unpaired) electrons. The number of azo groups is 1. The fourth-order valence-corrected chi connectivity index (χ4v) is 2.86. The van der Waals surface area contributed by atoms with Gasteiger partial charge in [-0.25, -0.2) is 0 Å². The van der Waals surface area contributed by atoms with Gasteiger partial charge in [0.05, 0.1) is 29.4 Å². The highest BCUT2D eigenvalue weighted by molar-refractivity contribution is 5.65. The zero-order valence-corrected chi connectivity index (χ0v) is 18.4. The molecule has 7 nitrogen and oxygen atoms in total. The van der Waals surface area contributed by atoms with E-state index in [1.807, 2.05) is 48.5 Å². The maximum Gasteiger partial charge on any atom is 0.230 e. The van der Waals surface area contributed by atoms with Gasteiger partial charge in [0.2, 0.25) is 6.79 Å². The molecule has 0 aromatic heterocycles. The Balaban J connectivity index is 1.42. The topological polar surface area (TPSA) is 104 Å². The van der Waals surface area contributed by atoms with Gasteiger partial charge < -0.3 is 25.7 Å². The van der Waals surface area contributed by atoms with E-state index < -0.39 is 0 Å². The number of unbranched alkanes of at least 4 members (excludes halogenated alkanes) is 3. The van der Waals surface area contributed by atoms with Gasteiger partial charge in [-0.1, -0.05) is 26.2 Å². The van der Waals surface area contributed by atoms with Crippen LogP contribution in [0.2, 0.25) is 0 Å². The third-order valence-electron chi connectivity index (χ3n) is 4.73. The average molecular weight is 435 g/mol. The summed E-state index contributed by atoms with van der Waals surface area (Å²) in [7, 11) is 0. The quantitative estimate of drug-likeness (QED) is 0.144. The molecule has 3 aromatic rings. The standard InChI is InChI=1S/C25H30N4O3/c1-2-3-4-5-16-30-21-10-6-19(7-11-21)28-29-20-8-12-22(13-9-20)31-18-32-23-14-15-24(26)25(27)17-23/h6-15,17H,2-5,16,18,26-27H2,1H3. The second kappa shape index (κ2) is 12.2. The fraction of sp³-hybridized carbons (Fsp3) is 0.280. The van der Waals surface area contributed by atoms with Crippen LogP contribution in [-0.4, -0.2) is 13.4 Å². The van der Waals surface area contributed by atoms with Crippen molar-refractivity contribution in [3.63, 3.8) is 0 Å². The van der Waals surface area contributed by atoms with E-state index in [0.717, 1.165) is 30.2 Å². The molecule has 0 saturated heterocycles. The first kappa shape index (κ1) is 22.9. The number of ether oxygens (including phenoxy) is 3. The zero-order chi connectivity index (χ0) is 22.6. The first-order chi connectivity index (χ1) is 15.6. The molecule has 168 valence electrons. The molecule has 0 fully saturated rings. The van der Waals surface area contributed by atoms with E-state index in [0.29, 0.717) is 22.9 Å². The molecule has 0 spiro atoms. The minimum atomic E-state index is 0.0528. The molecular formula is C25H30N4O3. The normalized spacial score (nSPS) is 10.9. The molecule has 0 saturated carbocycles. The van der Waals surface area contributed by atoms with Crippen molar-refractivity contribution in [2.45, 2.75) is 32.6 Å². The highest BCUT2D eigenvalue weighted by Crippen LogP contribution is 2.24. The van der Waals surface area contributed by atoms with Crippen molar-refractivity contribution in [1.29, 1.82) is 0 Å². The molecule has 0 amide bonds. The second-order valence-electron chi connectivity index (χ2n) is 7.29. The van der Waals surface area contributed by atoms with Crippen LogP contribution in [0.3, 0.4) is 0 Å². The predicted octanol–water partition coefficient (Wildman–Crippen LogP) is 6.64. The van der Waals surface area contributed by atoms with E-state index in [4.69, 9.17) is 25.7 Å². The van der Waals surface area contributed by atoms with Crippen molar-refractivity contribution in [3.05, 3.63) is 66.7 Å². The Bertz CT molecular complexity index is 989. The highest BCUT2D eigenvalue weighted by atomic mass is 16.7. The van der Waals surface area contributed by atoms with Gasteiger partial charge >= 0.3 is 0 Å². The van der Waals surface area contributed by atoms with Crippen LogP contribution >= 0.6 is 0 Å². The Morgan fingerprint density at radius 1 is 0.625 bits per heavy atom. The Morgan fingerprint density at radius 2 is 1.19 bits per heavy atom. The van der Waals surface area contributed by atoms with E-state index in [1.165, 1.54) is 19.3 Å². The molecule has 0 aliphatic heterocycles. The summed E-state index contributed by atoms with van der Waals surface area (Å²) >= 11 is 0. The van der Waals surface area contributed by atoms with E-state index in [9.17, 15) is 0 Å². The van der Waals surface area contributed by atoms with Gasteiger partial charge in [0.25, 0.3) is 0 Å². The molecule has 0 bridgehead atoms. The molecule has 0 aliphatic carbocycles. The van der Waals surface area contributed by atoms with Crippen LogP contribution in [0, 0.1) is 0 Å². The van der Waals surface area contributed by atoms with Crippen molar-refractivity contribution < 1.29 is 14.2 Å². The van der Waals surface area contributed by atoms with Gasteiger partial charge in [-0.05, 0) is 67.1 Å². The number of benzene rings is 3. The average Bonchev–Trinajstić information content (AvgIpc) is 2.81. The number of rotatable bonds is 12. The lowest BCUT2D eigenvalue weighted by Crippen LogP contribution is -2.06. The van der Waals surface area contributed by atoms with Crippen molar-refractivity contribution in [2.75, 3.05) is 24.9 Å². The Labute approximate surface area is 189 Å². The van der Waals surface area contributed by atoms with E-state index in [-0.39, 0.29) is 6.79 Å². The summed E-state index contributed by atoms with van der Waals surface area (Å²) in [5, 5.41) is 8.53. The molecule has 0 atom stereocenters. The van der Waals surface area contributed by atoms with Crippen molar-refractivity contribution in [2.24, 2.45) is 10.2 Å². The summed E-state index contributed by atoms with van der Waals surface area (Å²) in [6.07, 6.45) is 4.77. The number of hydrogen-bond donors (Lipinski definition) is 2. The number of anilines is 2. The maximum atomic E-state index is 5.76. The van der Waals surface area contributed by atoms with Crippen LogP contribution in [-0.2, 0) is 0 Å². The van der Waals surface area contributed by atoms with E-state index >= 15 is 0 Å². The van der Waals surface area contributed by atoms with E-state index in [2.05, 4.69) is 17.2 Å². The first-order valence-corrected chi connectivity index (χ1v) is 10.8. The number of nitrogens with two attached hydrogens (primary N) is 2. The number of nitrogens with zero attached hydrogens (tertiary/aromatic N) is 2. The van der Waals surface area contributed by atoms with Crippen LogP contribution in [0.15, 0.2) is 77.0 Å². The SMILES string of the molecule is CCCCCCOc1ccc(N=Nc2ccc(OCOc3ccc(N)c(N)c3)cc2)cc1. The Hall–Kier alpha value is -3.74. The molecule has 3 rings (SSSR count). The molecule has 4 N–H and O–H groups in total. The lowest BCUT2D eigenvalue weighted by Gasteiger charge is -2.09. The Kier molecular flexibility index (Phi) is 8.74. The smallest absolute Gasteiger partial charge is 0.230 e. The molecule has 0 heterocycles. The maximum absolute atomic E-state index is 5.76. The molecule has 0 unspecified atom stereocenters. The van der Waals surface area contributed by atoms with Crippen molar-refractivity contribution >= 4 is 22.7 Å². The van der Waals surface area contributed by atoms with Crippen LogP contribution in [0.1, 0.15) is 32.6 Å². The zero-order valence-electron chi connectivity index (χ0n) is 18.4. The fourth-order valence-electron chi connectivity index (χ4n) is 2.86. The molecule has 32 heavy (non-hydrogen) atoms. The summed E-state index contributed by atoms with van der Waals surface area (Å²) in [6, 6.07) is 20.0.